The van der Waals surface area contributed by atoms with Crippen molar-refractivity contribution in [3.63, 3.8) is 0 Å². The maximum absolute atomic E-state index is 9.80. The minimum Gasteiger partial charge on any atom is -0.725 e. The van der Waals surface area contributed by atoms with Crippen molar-refractivity contribution in [3.8, 4) is 6.07 Å². The summed E-state index contributed by atoms with van der Waals surface area (Å²) in [4.78, 5) is 0. The van der Waals surface area contributed by atoms with Gasteiger partial charge in [-0.05, 0) is 6.42 Å². The molecule has 0 aromatic carbocycles. The molecule has 12 heavy (non-hydrogen) atoms. The molecule has 0 fully saturated rings. The van der Waals surface area contributed by atoms with E-state index in [0.29, 0.717) is 30.6 Å². The summed E-state index contributed by atoms with van der Waals surface area (Å²) >= 11 is 0.549. The third-order valence-corrected chi connectivity index (χ3v) is 2.15. The number of hydrogen-bond donors (Lipinski definition) is 0. The second kappa shape index (κ2) is 8.31. The maximum atomic E-state index is 9.80. The van der Waals surface area contributed by atoms with Gasteiger partial charge in [-0.25, -0.2) is 12.0 Å². The zero-order valence-corrected chi connectivity index (χ0v) is 10.2. The van der Waals surface area contributed by atoms with Gasteiger partial charge in [-0.3, -0.25) is 0 Å². The SMILES string of the molecule is N#CCCCSOS(=O)(=O)[O-].[Na+]. The summed E-state index contributed by atoms with van der Waals surface area (Å²) in [6.45, 7) is 0. The molecule has 0 amide bonds. The fraction of sp³-hybridized carbons (Fsp3) is 0.750. The molecule has 5 nitrogen and oxygen atoms in total. The van der Waals surface area contributed by atoms with Crippen molar-refractivity contribution in [2.45, 2.75) is 12.8 Å². The molecular formula is C4H6NNaO4S2. The van der Waals surface area contributed by atoms with Gasteiger partial charge in [-0.1, -0.05) is 0 Å². The number of nitriles is 1. The largest absolute Gasteiger partial charge is 1.00 e. The van der Waals surface area contributed by atoms with Crippen molar-refractivity contribution in [1.29, 1.82) is 5.26 Å². The van der Waals surface area contributed by atoms with Crippen molar-refractivity contribution in [2.24, 2.45) is 0 Å². The number of nitrogens with zero attached hydrogens (tertiary/aromatic N) is 1. The van der Waals surface area contributed by atoms with E-state index in [-0.39, 0.29) is 29.6 Å². The molecule has 0 bridgehead atoms. The van der Waals surface area contributed by atoms with Gasteiger partial charge >= 0.3 is 29.6 Å². The Bertz CT molecular complexity index is 234. The van der Waals surface area contributed by atoms with Crippen LogP contribution in [-0.2, 0) is 14.0 Å². The van der Waals surface area contributed by atoms with Gasteiger partial charge in [0.1, 0.15) is 0 Å². The van der Waals surface area contributed by atoms with Crippen molar-refractivity contribution < 1.29 is 46.2 Å². The number of hydrogen-bond acceptors (Lipinski definition) is 6. The van der Waals surface area contributed by atoms with Gasteiger partial charge in [-0.15, -0.1) is 0 Å². The van der Waals surface area contributed by atoms with Crippen molar-refractivity contribution in [2.75, 3.05) is 5.75 Å². The van der Waals surface area contributed by atoms with Crippen LogP contribution in [0.1, 0.15) is 12.8 Å². The normalized spacial score (nSPS) is 10.0. The topological polar surface area (TPSA) is 90.2 Å². The Kier molecular flexibility index (Phi) is 10.5. The quantitative estimate of drug-likeness (QED) is 0.166. The van der Waals surface area contributed by atoms with Gasteiger partial charge in [0, 0.05) is 24.2 Å². The Hall–Kier alpha value is 0.710. The predicted molar refractivity (Wildman–Crippen MR) is 38.1 cm³/mol. The predicted octanol–water partition coefficient (Wildman–Crippen LogP) is -2.58. The van der Waals surface area contributed by atoms with E-state index >= 15 is 0 Å². The molecule has 0 aliphatic carbocycles. The van der Waals surface area contributed by atoms with Crippen LogP contribution in [0.3, 0.4) is 0 Å². The summed E-state index contributed by atoms with van der Waals surface area (Å²) in [6, 6.07) is 1.87. The second-order valence-corrected chi connectivity index (χ2v) is 3.56. The van der Waals surface area contributed by atoms with Crippen LogP contribution in [0.5, 0.6) is 0 Å². The molecule has 8 heteroatoms. The fourth-order valence-electron chi connectivity index (χ4n) is 0.303. The molecule has 0 saturated heterocycles. The van der Waals surface area contributed by atoms with Crippen LogP contribution in [0.4, 0.5) is 0 Å². The number of unbranched alkanes of at least 4 members (excludes halogenated alkanes) is 1. The summed E-state index contributed by atoms with van der Waals surface area (Å²) < 4.78 is 33.2. The summed E-state index contributed by atoms with van der Waals surface area (Å²) in [6.07, 6.45) is 0.839. The first kappa shape index (κ1) is 15.2. The summed E-state index contributed by atoms with van der Waals surface area (Å²) in [5, 5.41) is 8.05. The first-order chi connectivity index (χ1) is 5.06. The Morgan fingerprint density at radius 3 is 2.58 bits per heavy atom. The first-order valence-corrected chi connectivity index (χ1v) is 4.94. The molecule has 0 aliphatic rings. The monoisotopic (exact) mass is 219 g/mol. The van der Waals surface area contributed by atoms with Crippen LogP contribution >= 0.6 is 12.0 Å². The van der Waals surface area contributed by atoms with Gasteiger partial charge < -0.3 is 4.55 Å². The molecule has 0 rings (SSSR count). The molecule has 0 radical (unpaired) electrons. The average Bonchev–Trinajstić information content (AvgIpc) is 1.85. The minimum absolute atomic E-state index is 0. The molecule has 0 heterocycles. The van der Waals surface area contributed by atoms with Gasteiger partial charge in [-0.2, -0.15) is 5.26 Å². The molecule has 0 saturated carbocycles. The zero-order chi connectivity index (χ0) is 8.74. The maximum Gasteiger partial charge on any atom is 1.00 e. The molecule has 0 aromatic heterocycles. The molecule has 0 N–H and O–H groups in total. The van der Waals surface area contributed by atoms with Crippen molar-refractivity contribution in [1.82, 2.24) is 0 Å². The Labute approximate surface area is 97.9 Å². The molecule has 0 aliphatic heterocycles. The van der Waals surface area contributed by atoms with Crippen LogP contribution in [0.15, 0.2) is 0 Å². The van der Waals surface area contributed by atoms with Crippen molar-refractivity contribution in [3.05, 3.63) is 0 Å². The molecular weight excluding hydrogens is 213 g/mol. The molecule has 0 unspecified atom stereocenters. The van der Waals surface area contributed by atoms with E-state index in [0.717, 1.165) is 0 Å². The van der Waals surface area contributed by atoms with E-state index in [4.69, 9.17) is 5.26 Å². The van der Waals surface area contributed by atoms with E-state index in [2.05, 4.69) is 3.63 Å². The van der Waals surface area contributed by atoms with Gasteiger partial charge in [0.05, 0.1) is 6.07 Å². The van der Waals surface area contributed by atoms with Gasteiger partial charge in [0.15, 0.2) is 0 Å². The summed E-state index contributed by atoms with van der Waals surface area (Å²) in [7, 11) is -4.58. The van der Waals surface area contributed by atoms with Crippen LogP contribution in [0.25, 0.3) is 0 Å². The zero-order valence-electron chi connectivity index (χ0n) is 6.52. The summed E-state index contributed by atoms with van der Waals surface area (Å²) in [5.74, 6) is 0.328. The van der Waals surface area contributed by atoms with Crippen LogP contribution < -0.4 is 29.6 Å². The van der Waals surface area contributed by atoms with E-state index in [1.807, 2.05) is 6.07 Å². The molecule has 0 atom stereocenters. The molecule has 64 valence electrons. The fourth-order valence-corrected chi connectivity index (χ4v) is 1.31. The first-order valence-electron chi connectivity index (χ1n) is 2.70. The van der Waals surface area contributed by atoms with Gasteiger partial charge in [0.2, 0.25) is 10.4 Å². The van der Waals surface area contributed by atoms with Gasteiger partial charge in [0.25, 0.3) is 0 Å². The Morgan fingerprint density at radius 2 is 2.17 bits per heavy atom. The smallest absolute Gasteiger partial charge is 0.725 e. The summed E-state index contributed by atoms with van der Waals surface area (Å²) in [5.41, 5.74) is 0. The van der Waals surface area contributed by atoms with Crippen LogP contribution in [-0.4, -0.2) is 18.7 Å². The molecule has 0 aromatic rings. The standard InChI is InChI=1S/C4H7NO4S2.Na/c5-3-1-2-4-10-9-11(6,7)8;/h1-2,4H2,(H,6,7,8);/q;+1/p-1. The third-order valence-electron chi connectivity index (χ3n) is 0.648. The Morgan fingerprint density at radius 1 is 1.58 bits per heavy atom. The average molecular weight is 219 g/mol. The second-order valence-electron chi connectivity index (χ2n) is 1.56. The number of rotatable bonds is 5. The van der Waals surface area contributed by atoms with E-state index in [9.17, 15) is 13.0 Å². The van der Waals surface area contributed by atoms with Crippen molar-refractivity contribution >= 4 is 22.4 Å². The van der Waals surface area contributed by atoms with Crippen LogP contribution in [0, 0.1) is 11.3 Å². The van der Waals surface area contributed by atoms with E-state index < -0.39 is 10.4 Å². The van der Waals surface area contributed by atoms with E-state index in [1.54, 1.807) is 0 Å². The van der Waals surface area contributed by atoms with Crippen LogP contribution in [0.2, 0.25) is 0 Å². The third kappa shape index (κ3) is 13.3. The molecule has 0 spiro atoms. The van der Waals surface area contributed by atoms with E-state index in [1.165, 1.54) is 0 Å². The minimum atomic E-state index is -4.58. The Balaban J connectivity index is 0.